The van der Waals surface area contributed by atoms with E-state index in [1.54, 1.807) is 6.33 Å². The van der Waals surface area contributed by atoms with Crippen LogP contribution in [0.3, 0.4) is 0 Å². The summed E-state index contributed by atoms with van der Waals surface area (Å²) in [6.07, 6.45) is 3.38. The summed E-state index contributed by atoms with van der Waals surface area (Å²) in [5.41, 5.74) is 8.97. The normalized spacial score (nSPS) is 13.4. The third-order valence-corrected chi connectivity index (χ3v) is 3.74. The molecule has 0 saturated heterocycles. The van der Waals surface area contributed by atoms with Crippen LogP contribution in [0.2, 0.25) is 0 Å². The molecule has 0 amide bonds. The van der Waals surface area contributed by atoms with Crippen molar-refractivity contribution in [3.63, 3.8) is 0 Å². The molecule has 1 heterocycles. The summed E-state index contributed by atoms with van der Waals surface area (Å²) in [5.74, 6) is 0.962. The highest BCUT2D eigenvalue weighted by Crippen LogP contribution is 2.24. The van der Waals surface area contributed by atoms with Crippen molar-refractivity contribution >= 4 is 0 Å². The summed E-state index contributed by atoms with van der Waals surface area (Å²) in [5, 5.41) is 4.25. The van der Waals surface area contributed by atoms with Gasteiger partial charge >= 0.3 is 0 Å². The van der Waals surface area contributed by atoms with E-state index in [1.165, 1.54) is 5.56 Å². The van der Waals surface area contributed by atoms with Crippen molar-refractivity contribution in [2.24, 2.45) is 5.73 Å². The van der Waals surface area contributed by atoms with Gasteiger partial charge in [-0.2, -0.15) is 5.10 Å². The Labute approximate surface area is 127 Å². The molecule has 4 nitrogen and oxygen atoms in total. The maximum Gasteiger partial charge on any atom is 0.138 e. The highest BCUT2D eigenvalue weighted by atomic mass is 15.3. The molecular weight excluding hydrogens is 260 g/mol. The fourth-order valence-electron chi connectivity index (χ4n) is 2.39. The first-order valence-corrected chi connectivity index (χ1v) is 7.64. The highest BCUT2D eigenvalue weighted by molar-refractivity contribution is 5.29. The first-order chi connectivity index (χ1) is 9.91. The Balaban J connectivity index is 2.09. The maximum absolute atomic E-state index is 6.33. The lowest BCUT2D eigenvalue weighted by Gasteiger charge is -2.20. The zero-order valence-corrected chi connectivity index (χ0v) is 13.5. The largest absolute Gasteiger partial charge is 0.324 e. The molecule has 4 heteroatoms. The molecule has 0 saturated carbocycles. The van der Waals surface area contributed by atoms with E-state index in [0.29, 0.717) is 0 Å². The predicted octanol–water partition coefficient (Wildman–Crippen LogP) is 3.23. The van der Waals surface area contributed by atoms with Gasteiger partial charge in [0.05, 0.1) is 0 Å². The van der Waals surface area contributed by atoms with Crippen LogP contribution >= 0.6 is 0 Å². The molecule has 1 aromatic heterocycles. The Bertz CT molecular complexity index is 563. The van der Waals surface area contributed by atoms with Crippen molar-refractivity contribution in [2.75, 3.05) is 0 Å². The molecule has 0 fully saturated rings. The fourth-order valence-corrected chi connectivity index (χ4v) is 2.39. The molecule has 0 radical (unpaired) electrons. The zero-order chi connectivity index (χ0) is 15.5. The van der Waals surface area contributed by atoms with Crippen LogP contribution in [0, 0.1) is 0 Å². The molecule has 0 spiro atoms. The van der Waals surface area contributed by atoms with Gasteiger partial charge in [-0.05, 0) is 23.0 Å². The van der Waals surface area contributed by atoms with Crippen LogP contribution in [-0.2, 0) is 18.4 Å². The lowest BCUT2D eigenvalue weighted by atomic mass is 9.86. The van der Waals surface area contributed by atoms with E-state index in [0.717, 1.165) is 30.8 Å². The molecule has 1 atom stereocenters. The molecular formula is C17H26N4. The number of hydrogen-bond acceptors (Lipinski definition) is 3. The Morgan fingerprint density at radius 3 is 2.43 bits per heavy atom. The Morgan fingerprint density at radius 1 is 1.19 bits per heavy atom. The molecule has 0 aliphatic carbocycles. The van der Waals surface area contributed by atoms with Crippen molar-refractivity contribution in [2.45, 2.75) is 58.5 Å². The second kappa shape index (κ2) is 6.39. The van der Waals surface area contributed by atoms with Crippen LogP contribution in [0.15, 0.2) is 30.6 Å². The standard InChI is InChI=1S/C17H26N4/c1-5-10-21-16(19-12-20-21)11-15(18)13-6-8-14(9-7-13)17(2,3)4/h6-9,12,15H,5,10-11,18H2,1-4H3. The van der Waals surface area contributed by atoms with Gasteiger partial charge in [-0.25, -0.2) is 4.98 Å². The number of nitrogens with two attached hydrogens (primary N) is 1. The van der Waals surface area contributed by atoms with E-state index in [-0.39, 0.29) is 11.5 Å². The average Bonchev–Trinajstić information content (AvgIpc) is 2.86. The Kier molecular flexibility index (Phi) is 4.78. The van der Waals surface area contributed by atoms with Crippen LogP contribution in [0.1, 0.15) is 57.1 Å². The number of rotatable bonds is 5. The van der Waals surface area contributed by atoms with Gasteiger partial charge in [0.2, 0.25) is 0 Å². The summed E-state index contributed by atoms with van der Waals surface area (Å²) in [7, 11) is 0. The summed E-state index contributed by atoms with van der Waals surface area (Å²) in [6, 6.07) is 8.56. The number of nitrogens with zero attached hydrogens (tertiary/aromatic N) is 3. The lowest BCUT2D eigenvalue weighted by molar-refractivity contribution is 0.547. The van der Waals surface area contributed by atoms with Gasteiger partial charge in [0.15, 0.2) is 0 Å². The summed E-state index contributed by atoms with van der Waals surface area (Å²) < 4.78 is 1.95. The quantitative estimate of drug-likeness (QED) is 0.918. The average molecular weight is 286 g/mol. The lowest BCUT2D eigenvalue weighted by Crippen LogP contribution is -2.18. The van der Waals surface area contributed by atoms with Crippen LogP contribution in [0.4, 0.5) is 0 Å². The summed E-state index contributed by atoms with van der Waals surface area (Å²) >= 11 is 0. The van der Waals surface area contributed by atoms with Crippen molar-refractivity contribution in [1.82, 2.24) is 14.8 Å². The predicted molar refractivity (Wildman–Crippen MR) is 86.1 cm³/mol. The first-order valence-electron chi connectivity index (χ1n) is 7.64. The van der Waals surface area contributed by atoms with Crippen LogP contribution in [-0.4, -0.2) is 14.8 Å². The molecule has 2 rings (SSSR count). The zero-order valence-electron chi connectivity index (χ0n) is 13.5. The topological polar surface area (TPSA) is 56.7 Å². The van der Waals surface area contributed by atoms with Crippen molar-refractivity contribution in [3.8, 4) is 0 Å². The van der Waals surface area contributed by atoms with Gasteiger partial charge in [-0.15, -0.1) is 0 Å². The number of hydrogen-bond donors (Lipinski definition) is 1. The minimum atomic E-state index is -0.0428. The second-order valence-electron chi connectivity index (χ2n) is 6.58. The number of benzene rings is 1. The third kappa shape index (κ3) is 3.91. The molecule has 2 aromatic rings. The monoisotopic (exact) mass is 286 g/mol. The summed E-state index contributed by atoms with van der Waals surface area (Å²) in [6.45, 7) is 9.68. The maximum atomic E-state index is 6.33. The van der Waals surface area contributed by atoms with E-state index in [1.807, 2.05) is 4.68 Å². The van der Waals surface area contributed by atoms with E-state index in [4.69, 9.17) is 5.73 Å². The van der Waals surface area contributed by atoms with E-state index in [2.05, 4.69) is 62.0 Å². The van der Waals surface area contributed by atoms with E-state index < -0.39 is 0 Å². The minimum Gasteiger partial charge on any atom is -0.324 e. The molecule has 0 bridgehead atoms. The molecule has 0 aliphatic heterocycles. The van der Waals surface area contributed by atoms with Crippen LogP contribution in [0.25, 0.3) is 0 Å². The van der Waals surface area contributed by atoms with Gasteiger partial charge in [-0.3, -0.25) is 4.68 Å². The summed E-state index contributed by atoms with van der Waals surface area (Å²) in [4.78, 5) is 4.33. The fraction of sp³-hybridized carbons (Fsp3) is 0.529. The third-order valence-electron chi connectivity index (χ3n) is 3.74. The SMILES string of the molecule is CCCn1ncnc1CC(N)c1ccc(C(C)(C)C)cc1. The number of aromatic nitrogens is 3. The van der Waals surface area contributed by atoms with Gasteiger partial charge in [0.25, 0.3) is 0 Å². The molecule has 2 N–H and O–H groups in total. The molecule has 1 aromatic carbocycles. The van der Waals surface area contributed by atoms with Crippen molar-refractivity contribution in [1.29, 1.82) is 0 Å². The molecule has 114 valence electrons. The molecule has 1 unspecified atom stereocenters. The van der Waals surface area contributed by atoms with Gasteiger partial charge < -0.3 is 5.73 Å². The second-order valence-corrected chi connectivity index (χ2v) is 6.58. The number of aryl methyl sites for hydroxylation is 1. The molecule has 0 aliphatic rings. The van der Waals surface area contributed by atoms with Gasteiger partial charge in [0, 0.05) is 19.0 Å². The van der Waals surface area contributed by atoms with Crippen LogP contribution in [0.5, 0.6) is 0 Å². The van der Waals surface area contributed by atoms with Crippen molar-refractivity contribution in [3.05, 3.63) is 47.5 Å². The smallest absolute Gasteiger partial charge is 0.138 e. The van der Waals surface area contributed by atoms with Gasteiger partial charge in [-0.1, -0.05) is 52.0 Å². The van der Waals surface area contributed by atoms with Crippen molar-refractivity contribution < 1.29 is 0 Å². The van der Waals surface area contributed by atoms with Crippen LogP contribution < -0.4 is 5.73 Å². The van der Waals surface area contributed by atoms with Gasteiger partial charge in [0.1, 0.15) is 12.2 Å². The highest BCUT2D eigenvalue weighted by Gasteiger charge is 2.15. The Morgan fingerprint density at radius 2 is 1.86 bits per heavy atom. The minimum absolute atomic E-state index is 0.0428. The van der Waals surface area contributed by atoms with E-state index >= 15 is 0 Å². The first kappa shape index (κ1) is 15.7. The van der Waals surface area contributed by atoms with E-state index in [9.17, 15) is 0 Å². The Hall–Kier alpha value is -1.68. The molecule has 21 heavy (non-hydrogen) atoms.